The number of nitrogens with two attached hydrogens (primary N) is 1. The molecule has 21 heavy (non-hydrogen) atoms. The standard InChI is InChI=1S/C18H27ClN2/c19-17-7-5-15(6-8-17)18(20)10-12-21-11-9-14-3-1-2-4-16(14)13-21/h5-8,14,16,18H,1-4,9-13,20H2. The molecule has 116 valence electrons. The van der Waals surface area contributed by atoms with E-state index in [-0.39, 0.29) is 6.04 Å². The second-order valence-electron chi connectivity index (χ2n) is 6.84. The maximum absolute atomic E-state index is 6.32. The lowest BCUT2D eigenvalue weighted by Crippen LogP contribution is -2.42. The number of piperidine rings is 1. The van der Waals surface area contributed by atoms with Gasteiger partial charge < -0.3 is 10.6 Å². The summed E-state index contributed by atoms with van der Waals surface area (Å²) >= 11 is 5.93. The molecule has 3 atom stereocenters. The molecule has 2 nitrogen and oxygen atoms in total. The largest absolute Gasteiger partial charge is 0.324 e. The predicted octanol–water partition coefficient (Wildman–Crippen LogP) is 4.24. The van der Waals surface area contributed by atoms with E-state index in [1.165, 1.54) is 50.8 Å². The smallest absolute Gasteiger partial charge is 0.0406 e. The molecule has 0 radical (unpaired) electrons. The summed E-state index contributed by atoms with van der Waals surface area (Å²) in [6.07, 6.45) is 8.27. The highest BCUT2D eigenvalue weighted by atomic mass is 35.5. The highest BCUT2D eigenvalue weighted by Crippen LogP contribution is 2.36. The molecular formula is C18H27ClN2. The zero-order chi connectivity index (χ0) is 14.7. The number of fused-ring (bicyclic) bond motifs is 1. The van der Waals surface area contributed by atoms with Gasteiger partial charge in [-0.25, -0.2) is 0 Å². The summed E-state index contributed by atoms with van der Waals surface area (Å²) in [7, 11) is 0. The average molecular weight is 307 g/mol. The van der Waals surface area contributed by atoms with Gasteiger partial charge in [0.15, 0.2) is 0 Å². The SMILES string of the molecule is NC(CCN1CCC2CCCCC2C1)c1ccc(Cl)cc1. The lowest BCUT2D eigenvalue weighted by atomic mass is 9.75. The minimum absolute atomic E-state index is 0.131. The molecule has 1 saturated carbocycles. The van der Waals surface area contributed by atoms with Gasteiger partial charge in [-0.05, 0) is 61.9 Å². The summed E-state index contributed by atoms with van der Waals surface area (Å²) in [5.74, 6) is 1.97. The average Bonchev–Trinajstić information content (AvgIpc) is 2.53. The molecule has 0 spiro atoms. The lowest BCUT2D eigenvalue weighted by Gasteiger charge is -2.41. The fourth-order valence-corrected chi connectivity index (χ4v) is 4.20. The molecule has 2 fully saturated rings. The minimum Gasteiger partial charge on any atom is -0.324 e. The number of rotatable bonds is 4. The monoisotopic (exact) mass is 306 g/mol. The van der Waals surface area contributed by atoms with E-state index in [9.17, 15) is 0 Å². The molecule has 1 saturated heterocycles. The lowest BCUT2D eigenvalue weighted by molar-refractivity contribution is 0.0848. The topological polar surface area (TPSA) is 29.3 Å². The van der Waals surface area contributed by atoms with Crippen molar-refractivity contribution in [3.8, 4) is 0 Å². The van der Waals surface area contributed by atoms with E-state index >= 15 is 0 Å². The van der Waals surface area contributed by atoms with Gasteiger partial charge in [0.25, 0.3) is 0 Å². The second-order valence-corrected chi connectivity index (χ2v) is 7.28. The Hall–Kier alpha value is -0.570. The Bertz CT molecular complexity index is 445. The summed E-state index contributed by atoms with van der Waals surface area (Å²) in [6.45, 7) is 3.71. The zero-order valence-corrected chi connectivity index (χ0v) is 13.6. The Morgan fingerprint density at radius 3 is 2.57 bits per heavy atom. The van der Waals surface area contributed by atoms with E-state index in [1.807, 2.05) is 12.1 Å². The van der Waals surface area contributed by atoms with Gasteiger partial charge >= 0.3 is 0 Å². The van der Waals surface area contributed by atoms with Crippen LogP contribution in [0, 0.1) is 11.8 Å². The Balaban J connectivity index is 1.47. The number of nitrogens with zero attached hydrogens (tertiary/aromatic N) is 1. The Labute approximate surface area is 133 Å². The highest BCUT2D eigenvalue weighted by molar-refractivity contribution is 6.30. The van der Waals surface area contributed by atoms with E-state index in [4.69, 9.17) is 17.3 Å². The maximum Gasteiger partial charge on any atom is 0.0406 e. The number of likely N-dealkylation sites (tertiary alicyclic amines) is 1. The fraction of sp³-hybridized carbons (Fsp3) is 0.667. The summed E-state index contributed by atoms with van der Waals surface area (Å²) in [5, 5.41) is 0.783. The third-order valence-electron chi connectivity index (χ3n) is 5.43. The second kappa shape index (κ2) is 7.13. The summed E-state index contributed by atoms with van der Waals surface area (Å²) in [5.41, 5.74) is 7.53. The van der Waals surface area contributed by atoms with Crippen LogP contribution < -0.4 is 5.73 Å². The van der Waals surface area contributed by atoms with Gasteiger partial charge in [0.2, 0.25) is 0 Å². The first-order valence-corrected chi connectivity index (χ1v) is 8.83. The number of hydrogen-bond acceptors (Lipinski definition) is 2. The molecule has 3 unspecified atom stereocenters. The normalized spacial score (nSPS) is 28.1. The van der Waals surface area contributed by atoms with Crippen LogP contribution in [0.5, 0.6) is 0 Å². The van der Waals surface area contributed by atoms with E-state index in [2.05, 4.69) is 17.0 Å². The molecule has 0 amide bonds. The van der Waals surface area contributed by atoms with Crippen molar-refractivity contribution in [2.24, 2.45) is 17.6 Å². The summed E-state index contributed by atoms with van der Waals surface area (Å²) < 4.78 is 0. The van der Waals surface area contributed by atoms with Crippen LogP contribution in [-0.4, -0.2) is 24.5 Å². The third kappa shape index (κ3) is 4.00. The predicted molar refractivity (Wildman–Crippen MR) is 89.5 cm³/mol. The zero-order valence-electron chi connectivity index (χ0n) is 12.8. The van der Waals surface area contributed by atoms with Gasteiger partial charge in [-0.15, -0.1) is 0 Å². The highest BCUT2D eigenvalue weighted by Gasteiger charge is 2.30. The van der Waals surface area contributed by atoms with Crippen LogP contribution in [-0.2, 0) is 0 Å². The minimum atomic E-state index is 0.131. The van der Waals surface area contributed by atoms with Crippen LogP contribution in [0.25, 0.3) is 0 Å². The quantitative estimate of drug-likeness (QED) is 0.901. The fourth-order valence-electron chi connectivity index (χ4n) is 4.08. The van der Waals surface area contributed by atoms with Crippen molar-refractivity contribution in [1.29, 1.82) is 0 Å². The van der Waals surface area contributed by atoms with Gasteiger partial charge in [0.1, 0.15) is 0 Å². The van der Waals surface area contributed by atoms with Crippen LogP contribution >= 0.6 is 11.6 Å². The summed E-state index contributed by atoms with van der Waals surface area (Å²) in [4.78, 5) is 2.64. The van der Waals surface area contributed by atoms with E-state index in [0.717, 1.165) is 29.8 Å². The maximum atomic E-state index is 6.32. The molecule has 1 aliphatic carbocycles. The van der Waals surface area contributed by atoms with Crippen LogP contribution in [0.1, 0.15) is 50.1 Å². The van der Waals surface area contributed by atoms with E-state index in [0.29, 0.717) is 0 Å². The van der Waals surface area contributed by atoms with Crippen LogP contribution in [0.2, 0.25) is 5.02 Å². The third-order valence-corrected chi connectivity index (χ3v) is 5.68. The molecular weight excluding hydrogens is 280 g/mol. The van der Waals surface area contributed by atoms with Gasteiger partial charge in [0.05, 0.1) is 0 Å². The van der Waals surface area contributed by atoms with E-state index in [1.54, 1.807) is 0 Å². The first-order chi connectivity index (χ1) is 10.2. The molecule has 1 aromatic rings. The molecule has 3 rings (SSSR count). The first kappa shape index (κ1) is 15.3. The molecule has 3 heteroatoms. The van der Waals surface area contributed by atoms with Crippen molar-refractivity contribution in [2.75, 3.05) is 19.6 Å². The molecule has 1 aromatic carbocycles. The van der Waals surface area contributed by atoms with Gasteiger partial charge in [-0.1, -0.05) is 43.0 Å². The Morgan fingerprint density at radius 1 is 1.10 bits per heavy atom. The molecule has 1 aliphatic heterocycles. The Morgan fingerprint density at radius 2 is 1.81 bits per heavy atom. The summed E-state index contributed by atoms with van der Waals surface area (Å²) in [6, 6.07) is 8.11. The van der Waals surface area contributed by atoms with Crippen molar-refractivity contribution in [2.45, 2.75) is 44.6 Å². The molecule has 0 aromatic heterocycles. The van der Waals surface area contributed by atoms with Crippen LogP contribution in [0.3, 0.4) is 0 Å². The first-order valence-electron chi connectivity index (χ1n) is 8.46. The molecule has 1 heterocycles. The van der Waals surface area contributed by atoms with Crippen molar-refractivity contribution in [3.63, 3.8) is 0 Å². The van der Waals surface area contributed by atoms with Gasteiger partial charge in [0, 0.05) is 17.6 Å². The van der Waals surface area contributed by atoms with E-state index < -0.39 is 0 Å². The van der Waals surface area contributed by atoms with Crippen molar-refractivity contribution >= 4 is 11.6 Å². The van der Waals surface area contributed by atoms with Crippen LogP contribution in [0.15, 0.2) is 24.3 Å². The Kier molecular flexibility index (Phi) is 5.20. The van der Waals surface area contributed by atoms with Crippen molar-refractivity contribution < 1.29 is 0 Å². The number of benzene rings is 1. The van der Waals surface area contributed by atoms with Crippen LogP contribution in [0.4, 0.5) is 0 Å². The number of halogens is 1. The molecule has 2 N–H and O–H groups in total. The number of hydrogen-bond donors (Lipinski definition) is 1. The molecule has 0 bridgehead atoms. The van der Waals surface area contributed by atoms with Crippen molar-refractivity contribution in [1.82, 2.24) is 4.90 Å². The van der Waals surface area contributed by atoms with Gasteiger partial charge in [-0.3, -0.25) is 0 Å². The molecule has 2 aliphatic rings. The van der Waals surface area contributed by atoms with Crippen molar-refractivity contribution in [3.05, 3.63) is 34.9 Å². The van der Waals surface area contributed by atoms with Gasteiger partial charge in [-0.2, -0.15) is 0 Å².